The molecule has 0 spiro atoms. The average molecular weight is 279 g/mol. The van der Waals surface area contributed by atoms with Gasteiger partial charge in [0.05, 0.1) is 0 Å². The Kier molecular flexibility index (Phi) is 5.00. The van der Waals surface area contributed by atoms with Crippen molar-refractivity contribution in [2.45, 2.75) is 57.4 Å². The number of rotatable bonds is 4. The third kappa shape index (κ3) is 3.37. The van der Waals surface area contributed by atoms with E-state index in [1.807, 2.05) is 0 Å². The molecule has 2 aliphatic heterocycles. The molecule has 0 bridgehead atoms. The van der Waals surface area contributed by atoms with Crippen LogP contribution in [0.4, 0.5) is 0 Å². The molecule has 0 aromatic rings. The monoisotopic (exact) mass is 279 g/mol. The van der Waals surface area contributed by atoms with Crippen molar-refractivity contribution in [3.05, 3.63) is 0 Å². The van der Waals surface area contributed by atoms with E-state index >= 15 is 0 Å². The summed E-state index contributed by atoms with van der Waals surface area (Å²) in [6, 6.07) is 0.868. The lowest BCUT2D eigenvalue weighted by Crippen LogP contribution is -2.47. The third-order valence-corrected chi connectivity index (χ3v) is 5.91. The zero-order valence-corrected chi connectivity index (χ0v) is 13.4. The molecule has 2 heterocycles. The van der Waals surface area contributed by atoms with Crippen LogP contribution in [0, 0.1) is 5.41 Å². The van der Waals surface area contributed by atoms with Gasteiger partial charge in [-0.15, -0.1) is 0 Å². The van der Waals surface area contributed by atoms with Crippen LogP contribution >= 0.6 is 0 Å². The summed E-state index contributed by atoms with van der Waals surface area (Å²) in [6.45, 7) is 7.94. The Morgan fingerprint density at radius 2 is 1.80 bits per heavy atom. The fourth-order valence-corrected chi connectivity index (χ4v) is 4.97. The van der Waals surface area contributed by atoms with Gasteiger partial charge in [-0.2, -0.15) is 0 Å². The summed E-state index contributed by atoms with van der Waals surface area (Å²) in [7, 11) is 2.14. The number of fused-ring (bicyclic) bond motifs is 1. The first-order valence-corrected chi connectivity index (χ1v) is 8.92. The van der Waals surface area contributed by atoms with E-state index in [4.69, 9.17) is 0 Å². The van der Waals surface area contributed by atoms with Crippen molar-refractivity contribution >= 4 is 0 Å². The summed E-state index contributed by atoms with van der Waals surface area (Å²) >= 11 is 0. The minimum absolute atomic E-state index is 0.570. The summed E-state index contributed by atoms with van der Waals surface area (Å²) in [5.41, 5.74) is 0.570. The van der Waals surface area contributed by atoms with Crippen LogP contribution in [0.15, 0.2) is 0 Å². The van der Waals surface area contributed by atoms with Crippen molar-refractivity contribution in [1.29, 1.82) is 0 Å². The Morgan fingerprint density at radius 3 is 2.60 bits per heavy atom. The lowest BCUT2D eigenvalue weighted by atomic mass is 9.73. The maximum Gasteiger partial charge on any atom is 0.0223 e. The standard InChI is InChI=1S/C17H33N3/c1-18-14-17(8-3-2-4-9-17)15-19-10-6-12-20-11-5-7-16(20)13-19/h16,18H,2-15H2,1H3. The Balaban J connectivity index is 1.61. The fraction of sp³-hybridized carbons (Fsp3) is 1.00. The van der Waals surface area contributed by atoms with Gasteiger partial charge in [0.2, 0.25) is 0 Å². The number of nitrogens with one attached hydrogen (secondary N) is 1. The van der Waals surface area contributed by atoms with Crippen LogP contribution in [0.25, 0.3) is 0 Å². The molecule has 2 saturated heterocycles. The van der Waals surface area contributed by atoms with E-state index < -0.39 is 0 Å². The Labute approximate surface area is 125 Å². The zero-order valence-electron chi connectivity index (χ0n) is 13.4. The van der Waals surface area contributed by atoms with Gasteiger partial charge in [0.15, 0.2) is 0 Å². The predicted molar refractivity (Wildman–Crippen MR) is 85.1 cm³/mol. The van der Waals surface area contributed by atoms with Crippen molar-refractivity contribution in [2.24, 2.45) is 5.41 Å². The van der Waals surface area contributed by atoms with Gasteiger partial charge >= 0.3 is 0 Å². The van der Waals surface area contributed by atoms with Crippen molar-refractivity contribution in [1.82, 2.24) is 15.1 Å². The molecule has 1 N–H and O–H groups in total. The van der Waals surface area contributed by atoms with Crippen LogP contribution in [-0.2, 0) is 0 Å². The van der Waals surface area contributed by atoms with Gasteiger partial charge in [0.25, 0.3) is 0 Å². The van der Waals surface area contributed by atoms with Gasteiger partial charge in [0, 0.05) is 25.7 Å². The molecular weight excluding hydrogens is 246 g/mol. The van der Waals surface area contributed by atoms with Crippen LogP contribution in [0.3, 0.4) is 0 Å². The zero-order chi connectivity index (χ0) is 13.8. The lowest BCUT2D eigenvalue weighted by molar-refractivity contribution is 0.0985. The summed E-state index contributed by atoms with van der Waals surface area (Å²) in [4.78, 5) is 5.57. The molecule has 0 amide bonds. The minimum atomic E-state index is 0.570. The van der Waals surface area contributed by atoms with E-state index in [1.165, 1.54) is 90.6 Å². The van der Waals surface area contributed by atoms with Crippen molar-refractivity contribution in [2.75, 3.05) is 46.3 Å². The normalized spacial score (nSPS) is 31.9. The van der Waals surface area contributed by atoms with Crippen molar-refractivity contribution in [3.8, 4) is 0 Å². The predicted octanol–water partition coefficient (Wildman–Crippen LogP) is 2.33. The first-order chi connectivity index (χ1) is 9.81. The summed E-state index contributed by atoms with van der Waals surface area (Å²) in [6.07, 6.45) is 11.5. The molecule has 0 aromatic heterocycles. The molecule has 1 aliphatic carbocycles. The number of nitrogens with zero attached hydrogens (tertiary/aromatic N) is 2. The van der Waals surface area contributed by atoms with Crippen LogP contribution in [0.2, 0.25) is 0 Å². The molecule has 3 nitrogen and oxygen atoms in total. The van der Waals surface area contributed by atoms with Gasteiger partial charge in [0.1, 0.15) is 0 Å². The topological polar surface area (TPSA) is 18.5 Å². The van der Waals surface area contributed by atoms with Gasteiger partial charge in [-0.1, -0.05) is 19.3 Å². The number of hydrogen-bond acceptors (Lipinski definition) is 3. The molecule has 0 aromatic carbocycles. The molecule has 0 radical (unpaired) electrons. The summed E-state index contributed by atoms with van der Waals surface area (Å²) in [5.74, 6) is 0. The molecule has 1 saturated carbocycles. The molecule has 3 rings (SSSR count). The Morgan fingerprint density at radius 1 is 1.00 bits per heavy atom. The van der Waals surface area contributed by atoms with Gasteiger partial charge in [-0.3, -0.25) is 4.90 Å². The highest BCUT2D eigenvalue weighted by Crippen LogP contribution is 2.37. The SMILES string of the molecule is CNCC1(CN2CCCN3CCCC3C2)CCCCC1. The van der Waals surface area contributed by atoms with E-state index in [9.17, 15) is 0 Å². The second-order valence-electron chi connectivity index (χ2n) is 7.51. The van der Waals surface area contributed by atoms with Crippen molar-refractivity contribution in [3.63, 3.8) is 0 Å². The fourth-order valence-electron chi connectivity index (χ4n) is 4.97. The third-order valence-electron chi connectivity index (χ3n) is 5.91. The molecule has 1 unspecified atom stereocenters. The molecule has 3 fully saturated rings. The second-order valence-corrected chi connectivity index (χ2v) is 7.51. The van der Waals surface area contributed by atoms with Crippen LogP contribution in [0.1, 0.15) is 51.4 Å². The Bertz CT molecular complexity index is 293. The van der Waals surface area contributed by atoms with E-state index in [0.717, 1.165) is 6.04 Å². The first-order valence-electron chi connectivity index (χ1n) is 8.92. The van der Waals surface area contributed by atoms with E-state index in [-0.39, 0.29) is 0 Å². The van der Waals surface area contributed by atoms with E-state index in [2.05, 4.69) is 22.2 Å². The smallest absolute Gasteiger partial charge is 0.0223 e. The van der Waals surface area contributed by atoms with Crippen LogP contribution in [-0.4, -0.2) is 62.2 Å². The molecule has 116 valence electrons. The first kappa shape index (κ1) is 14.8. The molecule has 3 heteroatoms. The molecular formula is C17H33N3. The number of hydrogen-bond donors (Lipinski definition) is 1. The molecule has 3 aliphatic rings. The second kappa shape index (κ2) is 6.76. The van der Waals surface area contributed by atoms with Gasteiger partial charge in [-0.05, 0) is 64.2 Å². The maximum absolute atomic E-state index is 3.49. The van der Waals surface area contributed by atoms with Gasteiger partial charge < -0.3 is 10.2 Å². The van der Waals surface area contributed by atoms with Crippen LogP contribution in [0.5, 0.6) is 0 Å². The Hall–Kier alpha value is -0.120. The minimum Gasteiger partial charge on any atom is -0.319 e. The van der Waals surface area contributed by atoms with E-state index in [0.29, 0.717) is 5.41 Å². The molecule has 20 heavy (non-hydrogen) atoms. The quantitative estimate of drug-likeness (QED) is 0.852. The molecule has 1 atom stereocenters. The lowest BCUT2D eigenvalue weighted by Gasteiger charge is -2.41. The summed E-state index contributed by atoms with van der Waals surface area (Å²) < 4.78 is 0. The van der Waals surface area contributed by atoms with Crippen molar-refractivity contribution < 1.29 is 0 Å². The van der Waals surface area contributed by atoms with Gasteiger partial charge in [-0.25, -0.2) is 0 Å². The maximum atomic E-state index is 3.49. The highest BCUT2D eigenvalue weighted by atomic mass is 15.3. The highest BCUT2D eigenvalue weighted by molar-refractivity contribution is 4.91. The van der Waals surface area contributed by atoms with Crippen LogP contribution < -0.4 is 5.32 Å². The highest BCUT2D eigenvalue weighted by Gasteiger charge is 2.36. The average Bonchev–Trinajstić information content (AvgIpc) is 2.79. The van der Waals surface area contributed by atoms with E-state index in [1.54, 1.807) is 0 Å². The summed E-state index contributed by atoms with van der Waals surface area (Å²) in [5, 5.41) is 3.49. The largest absolute Gasteiger partial charge is 0.319 e.